The van der Waals surface area contributed by atoms with Gasteiger partial charge in [-0.1, -0.05) is 53.2 Å². The molecule has 2 aromatic heterocycles. The second kappa shape index (κ2) is 9.06. The minimum Gasteiger partial charge on any atom is -0.411 e. The van der Waals surface area contributed by atoms with E-state index in [0.717, 1.165) is 28.6 Å². The standard InChI is InChI=1S/C21H16ClN5O2S/c1-13-2-4-14(5-3-13)17-10-11-23-20(24-17)25-18(28)12-30-21-27-26-19(29-21)15-6-8-16(22)9-7-15/h2-11H,12H2,1H3,(H,23,24,25,28). The molecule has 0 saturated carbocycles. The summed E-state index contributed by atoms with van der Waals surface area (Å²) in [5, 5.41) is 11.6. The lowest BCUT2D eigenvalue weighted by Gasteiger charge is -2.05. The van der Waals surface area contributed by atoms with E-state index in [2.05, 4.69) is 25.5 Å². The Hall–Kier alpha value is -3.23. The molecule has 0 aliphatic carbocycles. The molecule has 0 atom stereocenters. The largest absolute Gasteiger partial charge is 0.411 e. The minimum atomic E-state index is -0.271. The zero-order valence-electron chi connectivity index (χ0n) is 15.9. The molecule has 4 aromatic rings. The van der Waals surface area contributed by atoms with Crippen molar-refractivity contribution < 1.29 is 9.21 Å². The number of carbonyl (C=O) groups excluding carboxylic acids is 1. The van der Waals surface area contributed by atoms with Crippen molar-refractivity contribution in [3.05, 3.63) is 71.4 Å². The first-order chi connectivity index (χ1) is 14.6. The Labute approximate surface area is 181 Å². The zero-order valence-corrected chi connectivity index (χ0v) is 17.4. The van der Waals surface area contributed by atoms with Gasteiger partial charge in [-0.15, -0.1) is 10.2 Å². The van der Waals surface area contributed by atoms with Gasteiger partial charge in [-0.3, -0.25) is 10.1 Å². The van der Waals surface area contributed by atoms with E-state index in [0.29, 0.717) is 16.1 Å². The number of halogens is 1. The van der Waals surface area contributed by atoms with Gasteiger partial charge < -0.3 is 4.42 Å². The van der Waals surface area contributed by atoms with E-state index in [9.17, 15) is 4.79 Å². The van der Waals surface area contributed by atoms with Crippen LogP contribution in [-0.4, -0.2) is 31.8 Å². The van der Waals surface area contributed by atoms with Crippen LogP contribution in [0.15, 0.2) is 70.4 Å². The third-order valence-corrected chi connectivity index (χ3v) is 5.15. The van der Waals surface area contributed by atoms with E-state index in [-0.39, 0.29) is 17.6 Å². The SMILES string of the molecule is Cc1ccc(-c2ccnc(NC(=O)CSc3nnc(-c4ccc(Cl)cc4)o3)n2)cc1. The summed E-state index contributed by atoms with van der Waals surface area (Å²) in [7, 11) is 0. The smallest absolute Gasteiger partial charge is 0.277 e. The number of amides is 1. The summed E-state index contributed by atoms with van der Waals surface area (Å²) >= 11 is 7.02. The fourth-order valence-electron chi connectivity index (χ4n) is 2.57. The van der Waals surface area contributed by atoms with E-state index in [1.807, 2.05) is 31.2 Å². The van der Waals surface area contributed by atoms with Crippen LogP contribution < -0.4 is 5.32 Å². The Morgan fingerprint density at radius 1 is 1.03 bits per heavy atom. The Morgan fingerprint density at radius 2 is 1.77 bits per heavy atom. The molecule has 0 saturated heterocycles. The fourth-order valence-corrected chi connectivity index (χ4v) is 3.26. The number of hydrogen-bond donors (Lipinski definition) is 1. The lowest BCUT2D eigenvalue weighted by molar-refractivity contribution is -0.113. The van der Waals surface area contributed by atoms with E-state index in [1.54, 1.807) is 36.5 Å². The molecule has 0 spiro atoms. The molecule has 2 aromatic carbocycles. The topological polar surface area (TPSA) is 93.8 Å². The monoisotopic (exact) mass is 437 g/mol. The molecule has 150 valence electrons. The van der Waals surface area contributed by atoms with Gasteiger partial charge in [0.2, 0.25) is 17.7 Å². The maximum atomic E-state index is 12.3. The number of benzene rings is 2. The Balaban J connectivity index is 1.36. The zero-order chi connectivity index (χ0) is 20.9. The molecule has 1 amide bonds. The summed E-state index contributed by atoms with van der Waals surface area (Å²) in [5.74, 6) is 0.419. The van der Waals surface area contributed by atoms with Gasteiger partial charge in [-0.05, 0) is 37.3 Å². The first-order valence-corrected chi connectivity index (χ1v) is 10.4. The molecule has 7 nitrogen and oxygen atoms in total. The summed E-state index contributed by atoms with van der Waals surface area (Å²) < 4.78 is 5.58. The van der Waals surface area contributed by atoms with Crippen molar-refractivity contribution in [2.75, 3.05) is 11.1 Å². The fraction of sp³-hybridized carbons (Fsp3) is 0.0952. The highest BCUT2D eigenvalue weighted by Gasteiger charge is 2.12. The summed E-state index contributed by atoms with van der Waals surface area (Å²) in [6.45, 7) is 2.02. The number of nitrogens with zero attached hydrogens (tertiary/aromatic N) is 4. The molecule has 9 heteroatoms. The summed E-state index contributed by atoms with van der Waals surface area (Å²) in [5.41, 5.74) is 3.61. The maximum Gasteiger partial charge on any atom is 0.277 e. The highest BCUT2D eigenvalue weighted by molar-refractivity contribution is 7.99. The van der Waals surface area contributed by atoms with Gasteiger partial charge in [-0.2, -0.15) is 0 Å². The molecule has 4 rings (SSSR count). The first kappa shape index (κ1) is 20.1. The second-order valence-electron chi connectivity index (χ2n) is 6.35. The molecule has 2 heterocycles. The number of rotatable bonds is 6. The lowest BCUT2D eigenvalue weighted by Crippen LogP contribution is -2.16. The molecule has 1 N–H and O–H groups in total. The van der Waals surface area contributed by atoms with Crippen LogP contribution in [-0.2, 0) is 4.79 Å². The molecule has 0 radical (unpaired) electrons. The van der Waals surface area contributed by atoms with Crippen LogP contribution in [0.4, 0.5) is 5.95 Å². The summed E-state index contributed by atoms with van der Waals surface area (Å²) in [6.07, 6.45) is 1.61. The molecular formula is C21H16ClN5O2S. The van der Waals surface area contributed by atoms with Crippen LogP contribution in [0.5, 0.6) is 0 Å². The predicted molar refractivity (Wildman–Crippen MR) is 116 cm³/mol. The molecule has 0 aliphatic heterocycles. The van der Waals surface area contributed by atoms with Gasteiger partial charge in [0.1, 0.15) is 0 Å². The van der Waals surface area contributed by atoms with Crippen molar-refractivity contribution in [1.29, 1.82) is 0 Å². The van der Waals surface area contributed by atoms with Gasteiger partial charge in [0.05, 0.1) is 11.4 Å². The number of thioether (sulfide) groups is 1. The highest BCUT2D eigenvalue weighted by Crippen LogP contribution is 2.24. The van der Waals surface area contributed by atoms with Crippen LogP contribution in [0.3, 0.4) is 0 Å². The molecule has 0 bridgehead atoms. The number of nitrogens with one attached hydrogen (secondary N) is 1. The van der Waals surface area contributed by atoms with E-state index in [1.165, 1.54) is 5.56 Å². The average molecular weight is 438 g/mol. The van der Waals surface area contributed by atoms with Gasteiger partial charge in [0, 0.05) is 22.3 Å². The predicted octanol–water partition coefficient (Wildman–Crippen LogP) is 4.89. The van der Waals surface area contributed by atoms with Crippen LogP contribution in [0.25, 0.3) is 22.7 Å². The first-order valence-electron chi connectivity index (χ1n) is 8.99. The van der Waals surface area contributed by atoms with Crippen LogP contribution in [0.2, 0.25) is 5.02 Å². The lowest BCUT2D eigenvalue weighted by atomic mass is 10.1. The van der Waals surface area contributed by atoms with Gasteiger partial charge in [0.25, 0.3) is 5.22 Å². The number of aryl methyl sites for hydroxylation is 1. The van der Waals surface area contributed by atoms with Gasteiger partial charge in [0.15, 0.2) is 0 Å². The summed E-state index contributed by atoms with van der Waals surface area (Å²) in [6, 6.07) is 16.8. The van der Waals surface area contributed by atoms with Crippen molar-refractivity contribution in [3.63, 3.8) is 0 Å². The quantitative estimate of drug-likeness (QED) is 0.429. The average Bonchev–Trinajstić information content (AvgIpc) is 3.23. The van der Waals surface area contributed by atoms with Gasteiger partial charge in [-0.25, -0.2) is 9.97 Å². The van der Waals surface area contributed by atoms with Crippen LogP contribution in [0.1, 0.15) is 5.56 Å². The van der Waals surface area contributed by atoms with Gasteiger partial charge >= 0.3 is 0 Å². The Kier molecular flexibility index (Phi) is 6.06. The third-order valence-electron chi connectivity index (χ3n) is 4.08. The highest BCUT2D eigenvalue weighted by atomic mass is 35.5. The van der Waals surface area contributed by atoms with Crippen molar-refractivity contribution in [2.45, 2.75) is 12.1 Å². The molecule has 0 aliphatic rings. The van der Waals surface area contributed by atoms with Crippen molar-refractivity contribution in [1.82, 2.24) is 20.2 Å². The van der Waals surface area contributed by atoms with Crippen LogP contribution >= 0.6 is 23.4 Å². The molecule has 0 fully saturated rings. The minimum absolute atomic E-state index is 0.0837. The normalized spacial score (nSPS) is 10.7. The molecular weight excluding hydrogens is 422 g/mol. The van der Waals surface area contributed by atoms with E-state index in [4.69, 9.17) is 16.0 Å². The number of aromatic nitrogens is 4. The van der Waals surface area contributed by atoms with Crippen molar-refractivity contribution in [3.8, 4) is 22.7 Å². The van der Waals surface area contributed by atoms with Crippen molar-refractivity contribution >= 4 is 35.2 Å². The Bertz CT molecular complexity index is 1160. The number of carbonyl (C=O) groups is 1. The summed E-state index contributed by atoms with van der Waals surface area (Å²) in [4.78, 5) is 20.8. The van der Waals surface area contributed by atoms with Crippen molar-refractivity contribution in [2.24, 2.45) is 0 Å². The van der Waals surface area contributed by atoms with Crippen LogP contribution in [0, 0.1) is 6.92 Å². The third kappa shape index (κ3) is 5.03. The number of hydrogen-bond acceptors (Lipinski definition) is 7. The van der Waals surface area contributed by atoms with E-state index < -0.39 is 0 Å². The maximum absolute atomic E-state index is 12.3. The Morgan fingerprint density at radius 3 is 2.53 bits per heavy atom. The molecule has 0 unspecified atom stereocenters. The molecule has 30 heavy (non-hydrogen) atoms. The second-order valence-corrected chi connectivity index (χ2v) is 7.71. The number of anilines is 1. The van der Waals surface area contributed by atoms with E-state index >= 15 is 0 Å².